The van der Waals surface area contributed by atoms with E-state index in [9.17, 15) is 9.59 Å². The smallest absolute Gasteiger partial charge is 0.249 e. The van der Waals surface area contributed by atoms with Crippen molar-refractivity contribution in [1.29, 1.82) is 0 Å². The van der Waals surface area contributed by atoms with Crippen LogP contribution in [0.3, 0.4) is 0 Å². The summed E-state index contributed by atoms with van der Waals surface area (Å²) in [5, 5.41) is 5.28. The number of nitrogens with two attached hydrogens (primary N) is 1. The van der Waals surface area contributed by atoms with Gasteiger partial charge in [-0.15, -0.1) is 0 Å². The van der Waals surface area contributed by atoms with Crippen molar-refractivity contribution in [2.45, 2.75) is 25.8 Å². The maximum Gasteiger partial charge on any atom is 0.249 e. The summed E-state index contributed by atoms with van der Waals surface area (Å²) in [5.74, 6) is -0.134. The fourth-order valence-corrected chi connectivity index (χ4v) is 2.03. The maximum absolute atomic E-state index is 11.7. The van der Waals surface area contributed by atoms with Gasteiger partial charge in [-0.2, -0.15) is 0 Å². The van der Waals surface area contributed by atoms with E-state index in [0.717, 1.165) is 5.69 Å². The summed E-state index contributed by atoms with van der Waals surface area (Å²) in [6.07, 6.45) is 0.731. The topological polar surface area (TPSA) is 97.1 Å². The van der Waals surface area contributed by atoms with Crippen LogP contribution in [0.15, 0.2) is 12.1 Å². The van der Waals surface area contributed by atoms with E-state index in [4.69, 9.17) is 18.0 Å². The first-order chi connectivity index (χ1) is 8.97. The molecule has 1 aromatic heterocycles. The summed E-state index contributed by atoms with van der Waals surface area (Å²) in [6, 6.07) is 3.06. The number of nitrogens with one attached hydrogen (secondary N) is 2. The van der Waals surface area contributed by atoms with E-state index in [1.165, 1.54) is 0 Å². The Balaban J connectivity index is 2.23. The number of rotatable bonds is 3. The quantitative estimate of drug-likeness (QED) is 0.541. The molecule has 1 fully saturated rings. The molecule has 0 saturated carbocycles. The van der Waals surface area contributed by atoms with Gasteiger partial charge >= 0.3 is 0 Å². The lowest BCUT2D eigenvalue weighted by atomic mass is 10.1. The predicted octanol–water partition coefficient (Wildman–Crippen LogP) is 0.241. The fourth-order valence-electron chi connectivity index (χ4n) is 1.86. The fraction of sp³-hybridized carbons (Fsp3) is 0.333. The number of carbonyl (C=O) groups excluding carboxylic acids is 2. The van der Waals surface area contributed by atoms with Crippen molar-refractivity contribution < 1.29 is 9.59 Å². The molecule has 4 N–H and O–H groups in total. The normalized spacial score (nSPS) is 18.9. The van der Waals surface area contributed by atoms with Gasteiger partial charge in [-0.3, -0.25) is 14.9 Å². The van der Waals surface area contributed by atoms with Crippen molar-refractivity contribution in [2.24, 2.45) is 5.73 Å². The number of imide groups is 1. The third-order valence-corrected chi connectivity index (χ3v) is 3.07. The second kappa shape index (κ2) is 5.31. The summed E-state index contributed by atoms with van der Waals surface area (Å²) in [6.45, 7) is 1.83. The molecule has 19 heavy (non-hydrogen) atoms. The van der Waals surface area contributed by atoms with Crippen LogP contribution in [-0.2, 0) is 9.59 Å². The highest BCUT2D eigenvalue weighted by molar-refractivity contribution is 7.80. The van der Waals surface area contributed by atoms with Crippen LogP contribution < -0.4 is 16.4 Å². The molecule has 0 radical (unpaired) electrons. The number of anilines is 1. The third kappa shape index (κ3) is 3.05. The zero-order chi connectivity index (χ0) is 14.0. The first-order valence-corrected chi connectivity index (χ1v) is 6.26. The first kappa shape index (κ1) is 13.4. The molecule has 0 spiro atoms. The molecule has 1 unspecified atom stereocenters. The van der Waals surface area contributed by atoms with Gasteiger partial charge < -0.3 is 11.1 Å². The van der Waals surface area contributed by atoms with Gasteiger partial charge in [0.25, 0.3) is 0 Å². The van der Waals surface area contributed by atoms with Crippen molar-refractivity contribution in [3.05, 3.63) is 23.4 Å². The van der Waals surface area contributed by atoms with Gasteiger partial charge in [0, 0.05) is 12.1 Å². The Kier molecular flexibility index (Phi) is 3.75. The molecular weight excluding hydrogens is 264 g/mol. The Bertz CT molecular complexity index is 559. The number of thiocarbonyl (C=S) groups is 1. The van der Waals surface area contributed by atoms with E-state index in [1.807, 2.05) is 6.92 Å². The molecule has 1 aliphatic heterocycles. The van der Waals surface area contributed by atoms with Gasteiger partial charge in [0.15, 0.2) is 0 Å². The van der Waals surface area contributed by atoms with Crippen molar-refractivity contribution in [2.75, 3.05) is 5.32 Å². The van der Waals surface area contributed by atoms with Crippen molar-refractivity contribution in [1.82, 2.24) is 10.3 Å². The zero-order valence-corrected chi connectivity index (χ0v) is 11.2. The summed E-state index contributed by atoms with van der Waals surface area (Å²) < 4.78 is 0. The van der Waals surface area contributed by atoms with E-state index in [2.05, 4.69) is 15.6 Å². The molecular formula is C12H14N4O2S. The van der Waals surface area contributed by atoms with Gasteiger partial charge in [0.05, 0.1) is 5.56 Å². The summed E-state index contributed by atoms with van der Waals surface area (Å²) >= 11 is 4.95. The van der Waals surface area contributed by atoms with Crippen LogP contribution in [0.4, 0.5) is 5.82 Å². The second-order valence-corrected chi connectivity index (χ2v) is 4.80. The Hall–Kier alpha value is -2.02. The lowest BCUT2D eigenvalue weighted by Gasteiger charge is -2.23. The van der Waals surface area contributed by atoms with Crippen LogP contribution >= 0.6 is 12.2 Å². The monoisotopic (exact) mass is 278 g/mol. The predicted molar refractivity (Wildman–Crippen MR) is 74.7 cm³/mol. The summed E-state index contributed by atoms with van der Waals surface area (Å²) in [5.41, 5.74) is 7.00. The second-order valence-electron chi connectivity index (χ2n) is 4.36. The van der Waals surface area contributed by atoms with Crippen molar-refractivity contribution >= 4 is 34.8 Å². The number of piperidine rings is 1. The minimum atomic E-state index is -0.500. The Morgan fingerprint density at radius 1 is 1.53 bits per heavy atom. The molecule has 1 aliphatic rings. The number of aryl methyl sites for hydroxylation is 1. The zero-order valence-electron chi connectivity index (χ0n) is 10.4. The number of aromatic nitrogens is 1. The average Bonchev–Trinajstić information content (AvgIpc) is 2.32. The maximum atomic E-state index is 11.7. The Labute approximate surface area is 115 Å². The average molecular weight is 278 g/mol. The van der Waals surface area contributed by atoms with E-state index >= 15 is 0 Å². The molecule has 1 saturated heterocycles. The molecule has 2 rings (SSSR count). The minimum Gasteiger partial charge on any atom is -0.389 e. The number of hydrogen-bond donors (Lipinski definition) is 3. The molecule has 6 nitrogen and oxygen atoms in total. The van der Waals surface area contributed by atoms with Gasteiger partial charge in [-0.05, 0) is 25.5 Å². The molecule has 0 aliphatic carbocycles. The Morgan fingerprint density at radius 3 is 2.89 bits per heavy atom. The number of pyridine rings is 1. The molecule has 0 aromatic carbocycles. The molecule has 2 amide bonds. The van der Waals surface area contributed by atoms with Gasteiger partial charge in [-0.25, -0.2) is 4.98 Å². The van der Waals surface area contributed by atoms with E-state index in [1.54, 1.807) is 12.1 Å². The van der Waals surface area contributed by atoms with E-state index in [-0.39, 0.29) is 16.8 Å². The number of amides is 2. The highest BCUT2D eigenvalue weighted by Gasteiger charge is 2.27. The highest BCUT2D eigenvalue weighted by Crippen LogP contribution is 2.17. The lowest BCUT2D eigenvalue weighted by Crippen LogP contribution is -2.47. The number of hydrogen-bond acceptors (Lipinski definition) is 5. The number of nitrogens with zero attached hydrogens (tertiary/aromatic N) is 1. The van der Waals surface area contributed by atoms with E-state index < -0.39 is 6.04 Å². The standard InChI is InChI=1S/C12H14N4O2S/c1-6-2-3-7(10(13)19)11(14-6)15-8-4-5-9(17)16-12(8)18/h2-3,8H,4-5H2,1H3,(H2,13,19)(H,14,15)(H,16,17,18). The highest BCUT2D eigenvalue weighted by atomic mass is 32.1. The molecule has 1 aromatic rings. The lowest BCUT2D eigenvalue weighted by molar-refractivity contribution is -0.133. The molecule has 100 valence electrons. The van der Waals surface area contributed by atoms with Gasteiger partial charge in [0.2, 0.25) is 11.8 Å². The summed E-state index contributed by atoms with van der Waals surface area (Å²) in [7, 11) is 0. The van der Waals surface area contributed by atoms with Crippen LogP contribution in [0.25, 0.3) is 0 Å². The molecule has 7 heteroatoms. The minimum absolute atomic E-state index is 0.210. The molecule has 1 atom stereocenters. The van der Waals surface area contributed by atoms with Crippen LogP contribution in [0.2, 0.25) is 0 Å². The van der Waals surface area contributed by atoms with Crippen molar-refractivity contribution in [3.8, 4) is 0 Å². The third-order valence-electron chi connectivity index (χ3n) is 2.85. The molecule has 2 heterocycles. The van der Waals surface area contributed by atoms with Gasteiger partial charge in [0.1, 0.15) is 16.8 Å². The van der Waals surface area contributed by atoms with Gasteiger partial charge in [-0.1, -0.05) is 12.2 Å². The summed E-state index contributed by atoms with van der Waals surface area (Å²) in [4.78, 5) is 27.3. The Morgan fingerprint density at radius 2 is 2.26 bits per heavy atom. The number of carbonyl (C=O) groups is 2. The molecule has 0 bridgehead atoms. The van der Waals surface area contributed by atoms with Crippen molar-refractivity contribution in [3.63, 3.8) is 0 Å². The SMILES string of the molecule is Cc1ccc(C(N)=S)c(NC2CCC(=O)NC2=O)n1. The van der Waals surface area contributed by atoms with Crippen LogP contribution in [0, 0.1) is 6.92 Å². The van der Waals surface area contributed by atoms with Crippen LogP contribution in [-0.4, -0.2) is 27.8 Å². The first-order valence-electron chi connectivity index (χ1n) is 5.85. The van der Waals surface area contributed by atoms with Crippen LogP contribution in [0.1, 0.15) is 24.1 Å². The largest absolute Gasteiger partial charge is 0.389 e. The van der Waals surface area contributed by atoms with E-state index in [0.29, 0.717) is 24.2 Å². The van der Waals surface area contributed by atoms with Crippen LogP contribution in [0.5, 0.6) is 0 Å².